The van der Waals surface area contributed by atoms with Crippen LogP contribution in [-0.4, -0.2) is 16.7 Å². The minimum Gasteiger partial charge on any atom is -0.311 e. The summed E-state index contributed by atoms with van der Waals surface area (Å²) < 4.78 is 0. The Morgan fingerprint density at radius 3 is 1.51 bits per heavy atom. The van der Waals surface area contributed by atoms with Gasteiger partial charge < -0.3 is 9.80 Å². The molecule has 4 nitrogen and oxygen atoms in total. The van der Waals surface area contributed by atoms with Crippen molar-refractivity contribution in [2.75, 3.05) is 9.80 Å². The van der Waals surface area contributed by atoms with Gasteiger partial charge in [0.1, 0.15) is 0 Å². The number of benzene rings is 5. The van der Waals surface area contributed by atoms with E-state index in [0.717, 1.165) is 33.5 Å². The monoisotopic (exact) mass is 660 g/mol. The molecule has 4 heterocycles. The van der Waals surface area contributed by atoms with Gasteiger partial charge in [0.15, 0.2) is 5.65 Å². The topological polar surface area (TPSA) is 32.3 Å². The number of para-hydroxylation sites is 2. The van der Waals surface area contributed by atoms with Crippen molar-refractivity contribution in [3.05, 3.63) is 151 Å². The molecule has 51 heavy (non-hydrogen) atoms. The number of nitrogens with zero attached hydrogens (tertiary/aromatic N) is 4. The van der Waals surface area contributed by atoms with Gasteiger partial charge in [0.2, 0.25) is 0 Å². The minimum absolute atomic E-state index is 0.0627. The van der Waals surface area contributed by atoms with E-state index in [1.165, 1.54) is 50.3 Å². The molecule has 2 aliphatic rings. The predicted octanol–water partition coefficient (Wildman–Crippen LogP) is 9.97. The van der Waals surface area contributed by atoms with Crippen molar-refractivity contribution >= 4 is 68.3 Å². The number of rotatable bonds is 3. The highest BCUT2D eigenvalue weighted by Crippen LogP contribution is 2.46. The van der Waals surface area contributed by atoms with E-state index >= 15 is 0 Å². The predicted molar refractivity (Wildman–Crippen MR) is 216 cm³/mol. The maximum Gasteiger partial charge on any atom is 0.252 e. The lowest BCUT2D eigenvalue weighted by Crippen LogP contribution is -2.61. The number of pyridine rings is 2. The van der Waals surface area contributed by atoms with Gasteiger partial charge in [-0.25, -0.2) is 9.97 Å². The Bertz CT molecular complexity index is 2320. The molecule has 0 bridgehead atoms. The van der Waals surface area contributed by atoms with Gasteiger partial charge in [-0.15, -0.1) is 0 Å². The average molecular weight is 661 g/mol. The number of anilines is 6. The first kappa shape index (κ1) is 31.3. The van der Waals surface area contributed by atoms with Crippen LogP contribution in [0.5, 0.6) is 0 Å². The zero-order chi connectivity index (χ0) is 35.1. The summed E-state index contributed by atoms with van der Waals surface area (Å²) in [5.74, 6) is 0. The summed E-state index contributed by atoms with van der Waals surface area (Å²) in [6, 6.07) is 47.3. The third-order valence-electron chi connectivity index (χ3n) is 10.7. The van der Waals surface area contributed by atoms with Crippen LogP contribution in [0.25, 0.3) is 22.2 Å². The minimum atomic E-state index is 0.0627. The van der Waals surface area contributed by atoms with Crippen molar-refractivity contribution < 1.29 is 0 Å². The fourth-order valence-electron chi connectivity index (χ4n) is 7.96. The van der Waals surface area contributed by atoms with Crippen molar-refractivity contribution in [2.45, 2.75) is 52.4 Å². The van der Waals surface area contributed by atoms with Gasteiger partial charge in [-0.1, -0.05) is 102 Å². The quantitative estimate of drug-likeness (QED) is 0.177. The highest BCUT2D eigenvalue weighted by atomic mass is 15.2. The molecule has 0 saturated heterocycles. The summed E-state index contributed by atoms with van der Waals surface area (Å²) in [5.41, 5.74) is 16.7. The van der Waals surface area contributed by atoms with Crippen LogP contribution >= 0.6 is 0 Å². The van der Waals surface area contributed by atoms with Crippen LogP contribution in [0.4, 0.5) is 34.1 Å². The zero-order valence-electron chi connectivity index (χ0n) is 30.1. The largest absolute Gasteiger partial charge is 0.311 e. The lowest BCUT2D eigenvalue weighted by Gasteiger charge is -2.44. The maximum absolute atomic E-state index is 4.81. The molecule has 0 radical (unpaired) electrons. The van der Waals surface area contributed by atoms with Gasteiger partial charge in [-0.3, -0.25) is 0 Å². The Balaban J connectivity index is 1.35. The van der Waals surface area contributed by atoms with E-state index in [2.05, 4.69) is 178 Å². The van der Waals surface area contributed by atoms with Crippen molar-refractivity contribution in [1.82, 2.24) is 9.97 Å². The summed E-state index contributed by atoms with van der Waals surface area (Å²) >= 11 is 0. The van der Waals surface area contributed by atoms with Gasteiger partial charge in [0, 0.05) is 57.5 Å². The summed E-state index contributed by atoms with van der Waals surface area (Å²) in [5, 5.41) is 1.03. The summed E-state index contributed by atoms with van der Waals surface area (Å²) in [7, 11) is 0. The van der Waals surface area contributed by atoms with Gasteiger partial charge >= 0.3 is 0 Å². The summed E-state index contributed by atoms with van der Waals surface area (Å²) in [6.07, 6.45) is 3.78. The lowest BCUT2D eigenvalue weighted by molar-refractivity contribution is 0.590. The van der Waals surface area contributed by atoms with E-state index in [1.807, 2.05) is 12.3 Å². The maximum atomic E-state index is 4.81. The van der Waals surface area contributed by atoms with Crippen LogP contribution in [0.15, 0.2) is 140 Å². The third-order valence-corrected chi connectivity index (χ3v) is 10.7. The molecule has 0 N–H and O–H groups in total. The Morgan fingerprint density at radius 2 is 1.00 bits per heavy atom. The van der Waals surface area contributed by atoms with Crippen LogP contribution in [0.2, 0.25) is 0 Å². The van der Waals surface area contributed by atoms with Crippen LogP contribution < -0.4 is 26.2 Å². The Labute approximate surface area is 301 Å². The molecule has 0 aliphatic carbocycles. The SMILES string of the molecule is CC(C)(C)c1ccc(N2c3ccccc3B3c4ccccc4N(c4ccc(C(C)(C)C)cc4)c4cc(-c5cnc6ncccc6c5)cc2c43)cc1. The molecule has 9 rings (SSSR count). The van der Waals surface area contributed by atoms with Crippen LogP contribution in [0, 0.1) is 0 Å². The molecule has 0 spiro atoms. The molecule has 0 unspecified atom stereocenters. The molecular weight excluding hydrogens is 619 g/mol. The van der Waals surface area contributed by atoms with Crippen molar-refractivity contribution in [1.29, 1.82) is 0 Å². The van der Waals surface area contributed by atoms with E-state index in [0.29, 0.717) is 0 Å². The highest BCUT2D eigenvalue weighted by molar-refractivity contribution is 7.00. The molecule has 0 amide bonds. The highest BCUT2D eigenvalue weighted by Gasteiger charge is 2.43. The molecule has 0 fully saturated rings. The molecule has 2 aromatic heterocycles. The van der Waals surface area contributed by atoms with Gasteiger partial charge in [-0.2, -0.15) is 0 Å². The second-order valence-electron chi connectivity index (χ2n) is 16.0. The normalized spacial score (nSPS) is 13.6. The average Bonchev–Trinajstić information content (AvgIpc) is 3.14. The molecule has 2 aliphatic heterocycles. The van der Waals surface area contributed by atoms with Gasteiger partial charge in [-0.05, 0) is 111 Å². The second kappa shape index (κ2) is 11.4. The first-order valence-corrected chi connectivity index (χ1v) is 17.9. The van der Waals surface area contributed by atoms with Crippen molar-refractivity contribution in [2.24, 2.45) is 0 Å². The van der Waals surface area contributed by atoms with Crippen molar-refractivity contribution in [3.63, 3.8) is 0 Å². The standard InChI is InChI=1S/C46H41BN4/c1-45(2,3)33-17-21-35(22-18-33)50-39-15-9-7-13-37(39)47-38-14-8-10-16-40(38)51(36-23-19-34(20-24-36)46(4,5)6)42-28-31(27-41(50)43(42)47)32-26-30-12-11-25-48-44(30)49-29-32/h7-29H,1-6H3. The van der Waals surface area contributed by atoms with E-state index in [-0.39, 0.29) is 17.5 Å². The second-order valence-corrected chi connectivity index (χ2v) is 16.0. The number of hydrogen-bond acceptors (Lipinski definition) is 4. The molecule has 248 valence electrons. The zero-order valence-corrected chi connectivity index (χ0v) is 30.1. The van der Waals surface area contributed by atoms with Crippen LogP contribution in [-0.2, 0) is 10.8 Å². The summed E-state index contributed by atoms with van der Waals surface area (Å²) in [4.78, 5) is 14.3. The summed E-state index contributed by atoms with van der Waals surface area (Å²) in [6.45, 7) is 13.7. The molecule has 7 aromatic rings. The smallest absolute Gasteiger partial charge is 0.252 e. The van der Waals surface area contributed by atoms with E-state index in [1.54, 1.807) is 6.20 Å². The molecule has 0 atom stereocenters. The molecule has 5 aromatic carbocycles. The van der Waals surface area contributed by atoms with E-state index in [9.17, 15) is 0 Å². The van der Waals surface area contributed by atoms with Gasteiger partial charge in [0.25, 0.3) is 6.71 Å². The first-order valence-electron chi connectivity index (χ1n) is 17.9. The molecule has 0 saturated carbocycles. The van der Waals surface area contributed by atoms with Gasteiger partial charge in [0.05, 0.1) is 0 Å². The fourth-order valence-corrected chi connectivity index (χ4v) is 7.96. The number of fused-ring (bicyclic) bond motifs is 5. The van der Waals surface area contributed by atoms with E-state index in [4.69, 9.17) is 4.98 Å². The van der Waals surface area contributed by atoms with E-state index < -0.39 is 0 Å². The lowest BCUT2D eigenvalue weighted by atomic mass is 9.33. The van der Waals surface area contributed by atoms with Crippen LogP contribution in [0.3, 0.4) is 0 Å². The Hall–Kier alpha value is -5.68. The van der Waals surface area contributed by atoms with Crippen LogP contribution in [0.1, 0.15) is 52.7 Å². The fraction of sp³-hybridized carbons (Fsp3) is 0.174. The Kier molecular flexibility index (Phi) is 7.02. The Morgan fingerprint density at radius 1 is 0.490 bits per heavy atom. The molecular formula is C46H41BN4. The van der Waals surface area contributed by atoms with Crippen molar-refractivity contribution in [3.8, 4) is 11.1 Å². The first-order chi connectivity index (χ1) is 24.6. The third kappa shape index (κ3) is 5.14. The number of hydrogen-bond donors (Lipinski definition) is 0. The molecule has 5 heteroatoms. The number of aromatic nitrogens is 2.